The summed E-state index contributed by atoms with van der Waals surface area (Å²) in [6, 6.07) is 7.69. The van der Waals surface area contributed by atoms with Crippen LogP contribution in [0, 0.1) is 11.8 Å². The Bertz CT molecular complexity index is 603. The summed E-state index contributed by atoms with van der Waals surface area (Å²) in [6.07, 6.45) is 4.72. The highest BCUT2D eigenvalue weighted by molar-refractivity contribution is 5.93. The molecule has 0 spiro atoms. The first-order chi connectivity index (χ1) is 12.2. The normalized spacial score (nSPS) is 31.4. The molecule has 0 aliphatic carbocycles. The molecule has 4 rings (SSSR count). The molecule has 3 fully saturated rings. The van der Waals surface area contributed by atoms with E-state index in [2.05, 4.69) is 17.1 Å². The van der Waals surface area contributed by atoms with Gasteiger partial charge in [-0.05, 0) is 62.4 Å². The highest BCUT2D eigenvalue weighted by Crippen LogP contribution is 2.39. The van der Waals surface area contributed by atoms with Crippen molar-refractivity contribution >= 4 is 11.6 Å². The zero-order chi connectivity index (χ0) is 17.2. The third-order valence-corrected chi connectivity index (χ3v) is 5.75. The van der Waals surface area contributed by atoms with Crippen molar-refractivity contribution in [1.82, 2.24) is 4.90 Å². The van der Waals surface area contributed by atoms with Crippen LogP contribution >= 0.6 is 0 Å². The minimum Gasteiger partial charge on any atom is -0.492 e. The van der Waals surface area contributed by atoms with Crippen LogP contribution in [0.25, 0.3) is 0 Å². The van der Waals surface area contributed by atoms with Crippen molar-refractivity contribution in [3.8, 4) is 5.75 Å². The predicted molar refractivity (Wildman–Crippen MR) is 96.8 cm³/mol. The largest absolute Gasteiger partial charge is 0.492 e. The highest BCUT2D eigenvalue weighted by Gasteiger charge is 2.44. The van der Waals surface area contributed by atoms with Crippen LogP contribution in [0.2, 0.25) is 0 Å². The Kier molecular flexibility index (Phi) is 4.95. The van der Waals surface area contributed by atoms with Crippen LogP contribution in [0.1, 0.15) is 32.6 Å². The lowest BCUT2D eigenvalue weighted by atomic mass is 9.88. The molecule has 25 heavy (non-hydrogen) atoms. The SMILES string of the molecule is C[C@H]1CCN(CCOc2ccc(NC(=O)[C@H]3C[C@H]4CC[C@H]3O4)cc2)C1. The van der Waals surface area contributed by atoms with E-state index in [-0.39, 0.29) is 17.9 Å². The molecule has 3 heterocycles. The number of rotatable bonds is 6. The summed E-state index contributed by atoms with van der Waals surface area (Å²) in [5.41, 5.74) is 0.827. The van der Waals surface area contributed by atoms with Crippen LogP contribution in [0.5, 0.6) is 5.75 Å². The first kappa shape index (κ1) is 16.9. The molecule has 5 heteroatoms. The lowest BCUT2D eigenvalue weighted by Crippen LogP contribution is -2.30. The van der Waals surface area contributed by atoms with Crippen molar-refractivity contribution < 1.29 is 14.3 Å². The minimum atomic E-state index is 0.0116. The van der Waals surface area contributed by atoms with Crippen molar-refractivity contribution in [1.29, 1.82) is 0 Å². The van der Waals surface area contributed by atoms with Gasteiger partial charge in [0, 0.05) is 18.8 Å². The van der Waals surface area contributed by atoms with Crippen LogP contribution in [0.4, 0.5) is 5.69 Å². The second-order valence-electron chi connectivity index (χ2n) is 7.77. The van der Waals surface area contributed by atoms with Crippen molar-refractivity contribution in [2.24, 2.45) is 11.8 Å². The van der Waals surface area contributed by atoms with Gasteiger partial charge in [0.15, 0.2) is 0 Å². The van der Waals surface area contributed by atoms with E-state index in [0.717, 1.165) is 43.2 Å². The zero-order valence-corrected chi connectivity index (χ0v) is 14.9. The maximum absolute atomic E-state index is 12.4. The molecule has 0 aromatic heterocycles. The number of nitrogens with one attached hydrogen (secondary N) is 1. The molecule has 4 atom stereocenters. The number of carbonyl (C=O) groups excluding carboxylic acids is 1. The van der Waals surface area contributed by atoms with Crippen LogP contribution in [0.3, 0.4) is 0 Å². The topological polar surface area (TPSA) is 50.8 Å². The molecule has 2 bridgehead atoms. The second kappa shape index (κ2) is 7.34. The van der Waals surface area contributed by atoms with Gasteiger partial charge in [-0.1, -0.05) is 6.92 Å². The average Bonchev–Trinajstić information content (AvgIpc) is 3.33. The third-order valence-electron chi connectivity index (χ3n) is 5.75. The minimum absolute atomic E-state index is 0.0116. The maximum atomic E-state index is 12.4. The summed E-state index contributed by atoms with van der Waals surface area (Å²) in [6.45, 7) is 6.36. The Morgan fingerprint density at radius 1 is 1.28 bits per heavy atom. The fourth-order valence-electron chi connectivity index (χ4n) is 4.31. The average molecular weight is 344 g/mol. The Hall–Kier alpha value is -1.59. The molecular weight excluding hydrogens is 316 g/mol. The van der Waals surface area contributed by atoms with Crippen LogP contribution in [0.15, 0.2) is 24.3 Å². The fourth-order valence-corrected chi connectivity index (χ4v) is 4.31. The number of amides is 1. The lowest BCUT2D eigenvalue weighted by Gasteiger charge is -2.18. The number of likely N-dealkylation sites (tertiary alicyclic amines) is 1. The number of benzene rings is 1. The number of fused-ring (bicyclic) bond motifs is 2. The van der Waals surface area contributed by atoms with Crippen LogP contribution in [-0.4, -0.2) is 49.3 Å². The van der Waals surface area contributed by atoms with Crippen LogP contribution < -0.4 is 10.1 Å². The van der Waals surface area contributed by atoms with Gasteiger partial charge in [0.05, 0.1) is 18.1 Å². The summed E-state index contributed by atoms with van der Waals surface area (Å²) < 4.78 is 11.6. The summed E-state index contributed by atoms with van der Waals surface area (Å²) in [7, 11) is 0. The van der Waals surface area contributed by atoms with Crippen molar-refractivity contribution in [2.75, 3.05) is 31.6 Å². The summed E-state index contributed by atoms with van der Waals surface area (Å²) in [4.78, 5) is 14.9. The fraction of sp³-hybridized carbons (Fsp3) is 0.650. The van der Waals surface area contributed by atoms with E-state index in [4.69, 9.17) is 9.47 Å². The van der Waals surface area contributed by atoms with E-state index in [1.54, 1.807) is 0 Å². The van der Waals surface area contributed by atoms with E-state index >= 15 is 0 Å². The Morgan fingerprint density at radius 2 is 2.12 bits per heavy atom. The number of hydrogen-bond donors (Lipinski definition) is 1. The molecule has 0 saturated carbocycles. The molecule has 0 unspecified atom stereocenters. The van der Waals surface area contributed by atoms with Gasteiger partial charge >= 0.3 is 0 Å². The molecule has 1 aromatic rings. The molecule has 1 aromatic carbocycles. The van der Waals surface area contributed by atoms with E-state index in [1.165, 1.54) is 19.5 Å². The monoisotopic (exact) mass is 344 g/mol. The second-order valence-corrected chi connectivity index (χ2v) is 7.77. The molecule has 136 valence electrons. The van der Waals surface area contributed by atoms with E-state index in [9.17, 15) is 4.79 Å². The van der Waals surface area contributed by atoms with Gasteiger partial charge in [-0.15, -0.1) is 0 Å². The number of carbonyl (C=O) groups is 1. The molecule has 3 aliphatic heterocycles. The first-order valence-corrected chi connectivity index (χ1v) is 9.59. The summed E-state index contributed by atoms with van der Waals surface area (Å²) in [5.74, 6) is 1.76. The van der Waals surface area contributed by atoms with Gasteiger partial charge in [0.2, 0.25) is 5.91 Å². The quantitative estimate of drug-likeness (QED) is 0.862. The van der Waals surface area contributed by atoms with Crippen LogP contribution in [-0.2, 0) is 9.53 Å². The third kappa shape index (κ3) is 3.98. The van der Waals surface area contributed by atoms with E-state index in [1.807, 2.05) is 24.3 Å². The molecule has 3 aliphatic rings. The number of ether oxygens (including phenoxy) is 2. The molecule has 5 nitrogen and oxygen atoms in total. The molecular formula is C20H28N2O3. The van der Waals surface area contributed by atoms with Crippen molar-refractivity contribution in [2.45, 2.75) is 44.8 Å². The first-order valence-electron chi connectivity index (χ1n) is 9.59. The number of nitrogens with zero attached hydrogens (tertiary/aromatic N) is 1. The Labute approximate surface area is 149 Å². The van der Waals surface area contributed by atoms with Gasteiger partial charge in [-0.2, -0.15) is 0 Å². The molecule has 1 N–H and O–H groups in total. The lowest BCUT2D eigenvalue weighted by molar-refractivity contribution is -0.121. The number of hydrogen-bond acceptors (Lipinski definition) is 4. The van der Waals surface area contributed by atoms with Gasteiger partial charge in [-0.3, -0.25) is 9.69 Å². The van der Waals surface area contributed by atoms with E-state index < -0.39 is 0 Å². The van der Waals surface area contributed by atoms with Gasteiger partial charge in [0.1, 0.15) is 12.4 Å². The standard InChI is InChI=1S/C20H28N2O3/c1-14-8-9-22(13-14)10-11-24-16-4-2-15(3-5-16)21-20(23)18-12-17-6-7-19(18)25-17/h2-5,14,17-19H,6-13H2,1H3,(H,21,23)/t14-,17+,18-,19+/m0/s1. The Morgan fingerprint density at radius 3 is 2.76 bits per heavy atom. The molecule has 3 saturated heterocycles. The van der Waals surface area contributed by atoms with Gasteiger partial charge < -0.3 is 14.8 Å². The zero-order valence-electron chi connectivity index (χ0n) is 14.9. The highest BCUT2D eigenvalue weighted by atomic mass is 16.5. The van der Waals surface area contributed by atoms with Gasteiger partial charge in [0.25, 0.3) is 0 Å². The predicted octanol–water partition coefficient (Wildman–Crippen LogP) is 2.91. The molecule has 1 amide bonds. The van der Waals surface area contributed by atoms with Crippen molar-refractivity contribution in [3.05, 3.63) is 24.3 Å². The number of anilines is 1. The summed E-state index contributed by atoms with van der Waals surface area (Å²) >= 11 is 0. The molecule has 0 radical (unpaired) electrons. The van der Waals surface area contributed by atoms with Gasteiger partial charge in [-0.25, -0.2) is 0 Å². The smallest absolute Gasteiger partial charge is 0.230 e. The summed E-state index contributed by atoms with van der Waals surface area (Å²) in [5, 5.41) is 3.02. The van der Waals surface area contributed by atoms with E-state index in [0.29, 0.717) is 12.7 Å². The van der Waals surface area contributed by atoms with Crippen molar-refractivity contribution in [3.63, 3.8) is 0 Å². The maximum Gasteiger partial charge on any atom is 0.230 e. The Balaban J connectivity index is 1.22.